The number of alkyl halides is 6. The van der Waals surface area contributed by atoms with E-state index in [4.69, 9.17) is 42.1 Å². The average molecular weight is 1220 g/mol. The molecule has 1 amide bonds. The van der Waals surface area contributed by atoms with Gasteiger partial charge in [-0.25, -0.2) is 4.79 Å². The molecule has 19 nitrogen and oxygen atoms in total. The van der Waals surface area contributed by atoms with Crippen LogP contribution in [0.2, 0.25) is 10.0 Å². The number of nitrogens with zero attached hydrogens (tertiary/aromatic N) is 8. The minimum absolute atomic E-state index is 0.0121. The molecule has 4 aromatic carbocycles. The predicted octanol–water partition coefficient (Wildman–Crippen LogP) is 9.47. The summed E-state index contributed by atoms with van der Waals surface area (Å²) in [5.74, 6) is -1.50. The number of imidazole rings is 2. The van der Waals surface area contributed by atoms with Crippen molar-refractivity contribution in [3.63, 3.8) is 0 Å². The maximum Gasteiger partial charge on any atom is 0.573 e. The van der Waals surface area contributed by atoms with Gasteiger partial charge in [0.25, 0.3) is 23.5 Å². The van der Waals surface area contributed by atoms with E-state index in [1.165, 1.54) is 64.5 Å². The number of aliphatic hydroxyl groups excluding tert-OH is 2. The van der Waals surface area contributed by atoms with E-state index in [0.29, 0.717) is 34.7 Å². The van der Waals surface area contributed by atoms with Crippen molar-refractivity contribution in [2.75, 3.05) is 51.5 Å². The standard InChI is InChI=1S/C57H60Cl2F6N8O11/c1-68-49-47(50(75)70(54(68)77)21-8-23-74)73(53(67-49)81-25-6-11-35-10-5-13-41(29-35)83-56(60,61)62)34-38-17-20-44(59)43(31-38)39-28-37(30-42(32-39)84-57(63,64)65)12-7-26-82-52-66-48-46(72(52)33-36-15-18-40(58)19-16-36)51(76)71(55(78)69(48)2)22-9-27-80-45-14-3-4-24-79-45/h5,10,13,15-20,28-32,45,54,74,77H,3-4,6-9,11-12,14,21-27,33-34H2,1-2H3. The third-order valence-corrected chi connectivity index (χ3v) is 14.6. The van der Waals surface area contributed by atoms with Crippen molar-refractivity contribution in [1.82, 2.24) is 33.1 Å². The molecule has 0 aliphatic carbocycles. The molecule has 2 aliphatic heterocycles. The number of halogens is 8. The Morgan fingerprint density at radius 2 is 1.38 bits per heavy atom. The third kappa shape index (κ3) is 15.0. The fourth-order valence-electron chi connectivity index (χ4n) is 10.0. The first-order valence-electron chi connectivity index (χ1n) is 27.0. The monoisotopic (exact) mass is 1220 g/mol. The number of anilines is 1. The molecule has 0 saturated carbocycles. The van der Waals surface area contributed by atoms with Gasteiger partial charge in [0.1, 0.15) is 11.5 Å². The van der Waals surface area contributed by atoms with E-state index in [0.717, 1.165) is 34.3 Å². The number of aliphatic hydroxyl groups is 2. The number of hydrogen-bond acceptors (Lipinski definition) is 14. The molecule has 1 saturated heterocycles. The van der Waals surface area contributed by atoms with Crippen molar-refractivity contribution in [3.05, 3.63) is 144 Å². The van der Waals surface area contributed by atoms with E-state index < -0.39 is 42.0 Å². The van der Waals surface area contributed by atoms with Gasteiger partial charge in [-0.3, -0.25) is 32.8 Å². The fraction of sp³-hybridized carbons (Fsp3) is 0.421. The number of fused-ring (bicyclic) bond motifs is 2. The molecule has 2 atom stereocenters. The van der Waals surface area contributed by atoms with Crippen LogP contribution in [0.4, 0.5) is 32.2 Å². The lowest BCUT2D eigenvalue weighted by molar-refractivity contribution is -0.275. The van der Waals surface area contributed by atoms with Crippen LogP contribution < -0.4 is 35.1 Å². The Morgan fingerprint density at radius 1 is 0.702 bits per heavy atom. The average Bonchev–Trinajstić information content (AvgIpc) is 2.15. The third-order valence-electron chi connectivity index (χ3n) is 14.0. The van der Waals surface area contributed by atoms with Crippen LogP contribution in [0.25, 0.3) is 22.3 Å². The number of aryl methyl sites for hydroxylation is 3. The van der Waals surface area contributed by atoms with Gasteiger partial charge in [-0.1, -0.05) is 59.6 Å². The Kier molecular flexibility index (Phi) is 19.5. The van der Waals surface area contributed by atoms with E-state index >= 15 is 0 Å². The highest BCUT2D eigenvalue weighted by atomic mass is 35.5. The molecule has 2 N–H and O–H groups in total. The highest BCUT2D eigenvalue weighted by Gasteiger charge is 2.40. The van der Waals surface area contributed by atoms with Crippen LogP contribution in [0.15, 0.2) is 94.5 Å². The molecular weight excluding hydrogens is 1160 g/mol. The molecule has 9 rings (SSSR count). The minimum atomic E-state index is -5.08. The van der Waals surface area contributed by atoms with Crippen LogP contribution in [0, 0.1) is 0 Å². The second-order valence-corrected chi connectivity index (χ2v) is 21.0. The van der Waals surface area contributed by atoms with Gasteiger partial charge >= 0.3 is 18.4 Å². The van der Waals surface area contributed by atoms with Crippen LogP contribution in [0.5, 0.6) is 23.5 Å². The van der Waals surface area contributed by atoms with E-state index in [-0.39, 0.29) is 148 Å². The smallest absolute Gasteiger partial charge is 0.465 e. The van der Waals surface area contributed by atoms with Gasteiger partial charge in [0.2, 0.25) is 6.35 Å². The number of hydrogen-bond donors (Lipinski definition) is 2. The van der Waals surface area contributed by atoms with Gasteiger partial charge in [0.05, 0.1) is 32.9 Å². The number of ether oxygens (including phenoxy) is 6. The lowest BCUT2D eigenvalue weighted by atomic mass is 9.98. The van der Waals surface area contributed by atoms with Crippen LogP contribution in [-0.2, 0) is 49.0 Å². The first-order chi connectivity index (χ1) is 40.1. The number of benzene rings is 4. The summed E-state index contributed by atoms with van der Waals surface area (Å²) < 4.78 is 119. The Bertz CT molecular complexity index is 3570. The topological polar surface area (TPSA) is 199 Å². The maximum atomic E-state index is 14.2. The molecule has 450 valence electrons. The van der Waals surface area contributed by atoms with Crippen LogP contribution >= 0.6 is 23.2 Å². The van der Waals surface area contributed by atoms with Gasteiger partial charge in [0, 0.05) is 56.0 Å². The SMILES string of the molecule is CN1c2nc(OCCCc3cccc(OC(F)(F)F)c3)n(Cc3ccc(Cl)c(-c4cc(CCCOc5nc6c(c(=O)n(CCCOC7CCCCO7)c(=O)n6C)n5Cc5ccc(Cl)cc5)cc(OC(F)(F)F)c4)c3)c2C(=O)N(CCCO)C1O. The maximum absolute atomic E-state index is 14.2. The summed E-state index contributed by atoms with van der Waals surface area (Å²) in [5, 5.41) is 21.4. The Balaban J connectivity index is 0.965. The zero-order chi connectivity index (χ0) is 59.9. The zero-order valence-corrected chi connectivity index (χ0v) is 47.1. The van der Waals surface area contributed by atoms with Crippen LogP contribution in [0.3, 0.4) is 0 Å². The van der Waals surface area contributed by atoms with Gasteiger partial charge in [-0.15, -0.1) is 26.3 Å². The summed E-state index contributed by atoms with van der Waals surface area (Å²) in [6, 6.07) is 21.2. The number of rotatable bonds is 25. The Hall–Kier alpha value is -7.29. The molecule has 3 aromatic heterocycles. The van der Waals surface area contributed by atoms with Gasteiger partial charge in [-0.05, 0) is 134 Å². The summed E-state index contributed by atoms with van der Waals surface area (Å²) in [5.41, 5.74) is 1.67. The first kappa shape index (κ1) is 61.3. The van der Waals surface area contributed by atoms with Gasteiger partial charge < -0.3 is 43.5 Å². The van der Waals surface area contributed by atoms with Crippen LogP contribution in [0.1, 0.15) is 77.7 Å². The van der Waals surface area contributed by atoms with E-state index in [1.807, 2.05) is 0 Å². The summed E-state index contributed by atoms with van der Waals surface area (Å²) in [6.45, 7) is 0.520. The minimum Gasteiger partial charge on any atom is -0.465 e. The molecule has 2 aliphatic rings. The molecule has 5 heterocycles. The Labute approximate surface area is 487 Å². The lowest BCUT2D eigenvalue weighted by Gasteiger charge is -2.38. The number of aromatic nitrogens is 6. The van der Waals surface area contributed by atoms with Crippen molar-refractivity contribution in [2.24, 2.45) is 7.05 Å². The normalized spacial score (nSPS) is 15.7. The second-order valence-electron chi connectivity index (χ2n) is 20.1. The first-order valence-corrected chi connectivity index (χ1v) is 27.8. The largest absolute Gasteiger partial charge is 0.573 e. The van der Waals surface area contributed by atoms with Gasteiger partial charge in [-0.2, -0.15) is 9.97 Å². The molecule has 7 aromatic rings. The molecule has 84 heavy (non-hydrogen) atoms. The van der Waals surface area contributed by atoms with Crippen molar-refractivity contribution in [2.45, 2.75) is 103 Å². The summed E-state index contributed by atoms with van der Waals surface area (Å²) in [7, 11) is 3.01. The quantitative estimate of drug-likeness (QED) is 0.0405. The highest BCUT2D eigenvalue weighted by molar-refractivity contribution is 6.33. The van der Waals surface area contributed by atoms with Gasteiger partial charge in [0.15, 0.2) is 29.0 Å². The molecule has 0 radical (unpaired) electrons. The molecule has 27 heteroatoms. The number of carbonyl (C=O) groups excluding carboxylic acids is 1. The van der Waals surface area contributed by atoms with Crippen LogP contribution in [-0.4, -0.2) is 121 Å². The summed E-state index contributed by atoms with van der Waals surface area (Å²) >= 11 is 13.0. The summed E-state index contributed by atoms with van der Waals surface area (Å²) in [4.78, 5) is 53.8. The Morgan fingerprint density at radius 3 is 2.08 bits per heavy atom. The van der Waals surface area contributed by atoms with Crippen molar-refractivity contribution in [1.29, 1.82) is 0 Å². The molecule has 0 spiro atoms. The van der Waals surface area contributed by atoms with Crippen molar-refractivity contribution < 1.29 is 69.8 Å². The number of carbonyl (C=O) groups is 1. The lowest BCUT2D eigenvalue weighted by Crippen LogP contribution is -2.54. The molecule has 2 unspecified atom stereocenters. The van der Waals surface area contributed by atoms with Crippen molar-refractivity contribution >= 4 is 46.1 Å². The number of amides is 1. The second kappa shape index (κ2) is 26.7. The highest BCUT2D eigenvalue weighted by Crippen LogP contribution is 2.38. The van der Waals surface area contributed by atoms with E-state index in [9.17, 15) is 50.9 Å². The molecule has 0 bridgehead atoms. The zero-order valence-electron chi connectivity index (χ0n) is 45.6. The molecule has 1 fully saturated rings. The fourth-order valence-corrected chi connectivity index (χ4v) is 10.4. The summed E-state index contributed by atoms with van der Waals surface area (Å²) in [6.07, 6.45) is -7.67. The van der Waals surface area contributed by atoms with Crippen molar-refractivity contribution in [3.8, 4) is 34.6 Å². The molecular formula is C57H60Cl2F6N8O11. The van der Waals surface area contributed by atoms with E-state index in [2.05, 4.69) is 19.4 Å². The predicted molar refractivity (Wildman–Crippen MR) is 297 cm³/mol. The van der Waals surface area contributed by atoms with E-state index in [1.54, 1.807) is 53.1 Å².